The maximum absolute atomic E-state index is 14.2. The van der Waals surface area contributed by atoms with Crippen molar-refractivity contribution in [1.29, 1.82) is 0 Å². The van der Waals surface area contributed by atoms with E-state index in [1.807, 2.05) is 0 Å². The number of rotatable bonds is 5. The summed E-state index contributed by atoms with van der Waals surface area (Å²) in [5.41, 5.74) is 0.751. The fourth-order valence-electron chi connectivity index (χ4n) is 2.72. The van der Waals surface area contributed by atoms with Gasteiger partial charge in [-0.1, -0.05) is 6.07 Å². The number of nitrogens with zero attached hydrogens (tertiary/aromatic N) is 4. The van der Waals surface area contributed by atoms with Crippen LogP contribution in [0.5, 0.6) is 11.8 Å². The van der Waals surface area contributed by atoms with Crippen LogP contribution in [0.1, 0.15) is 10.7 Å². The van der Waals surface area contributed by atoms with E-state index in [1.165, 1.54) is 17.4 Å². The molecule has 6 nitrogen and oxygen atoms in total. The van der Waals surface area contributed by atoms with Crippen molar-refractivity contribution in [1.82, 2.24) is 19.9 Å². The number of hydrogen-bond donors (Lipinski definition) is 1. The van der Waals surface area contributed by atoms with Gasteiger partial charge in [-0.2, -0.15) is 4.39 Å². The number of aromatic hydroxyl groups is 1. The van der Waals surface area contributed by atoms with Crippen LogP contribution in [0.2, 0.25) is 0 Å². The van der Waals surface area contributed by atoms with Crippen LogP contribution >= 0.6 is 11.3 Å². The first kappa shape index (κ1) is 19.8. The zero-order chi connectivity index (χ0) is 21.3. The molecule has 152 valence electrons. The third kappa shape index (κ3) is 3.81. The minimum atomic E-state index is -1.66. The van der Waals surface area contributed by atoms with Crippen LogP contribution in [0.15, 0.2) is 42.7 Å². The second kappa shape index (κ2) is 8.07. The van der Waals surface area contributed by atoms with E-state index in [2.05, 4.69) is 19.9 Å². The van der Waals surface area contributed by atoms with Crippen molar-refractivity contribution < 1.29 is 23.0 Å². The number of pyridine rings is 1. The van der Waals surface area contributed by atoms with Crippen molar-refractivity contribution in [2.45, 2.75) is 13.5 Å². The average Bonchev–Trinajstić information content (AvgIpc) is 3.14. The van der Waals surface area contributed by atoms with Crippen LogP contribution in [0, 0.1) is 24.4 Å². The minimum Gasteiger partial charge on any atom is -0.503 e. The van der Waals surface area contributed by atoms with E-state index in [4.69, 9.17) is 4.74 Å². The molecule has 4 aromatic rings. The quantitative estimate of drug-likeness (QED) is 0.464. The fourth-order valence-corrected chi connectivity index (χ4v) is 3.67. The second-order valence-electron chi connectivity index (χ2n) is 6.13. The van der Waals surface area contributed by atoms with E-state index in [1.54, 1.807) is 37.5 Å². The smallest absolute Gasteiger partial charge is 0.316 e. The summed E-state index contributed by atoms with van der Waals surface area (Å²) in [7, 11) is 0. The Morgan fingerprint density at radius 2 is 1.73 bits per heavy atom. The van der Waals surface area contributed by atoms with Gasteiger partial charge in [0.1, 0.15) is 11.6 Å². The number of ether oxygens (including phenoxy) is 1. The van der Waals surface area contributed by atoms with Crippen molar-refractivity contribution in [3.63, 3.8) is 0 Å². The van der Waals surface area contributed by atoms with Gasteiger partial charge in [0, 0.05) is 18.0 Å². The van der Waals surface area contributed by atoms with Gasteiger partial charge in [-0.15, -0.1) is 11.3 Å². The molecule has 30 heavy (non-hydrogen) atoms. The summed E-state index contributed by atoms with van der Waals surface area (Å²) < 4.78 is 47.2. The standard InChI is InChI=1S/C20H13F3N4O2S/c1-10-19(30-15(26-10)9-29-20-24-6-3-7-25-20)14-5-2-4-13(27-14)11-8-12(21)18(28)17(23)16(11)22/h2-8,28H,9H2,1H3. The number of phenolic OH excluding ortho intramolecular Hbond substituents is 1. The third-order valence-electron chi connectivity index (χ3n) is 4.10. The summed E-state index contributed by atoms with van der Waals surface area (Å²) in [6.07, 6.45) is 3.12. The summed E-state index contributed by atoms with van der Waals surface area (Å²) in [5, 5.41) is 9.87. The molecule has 0 saturated heterocycles. The van der Waals surface area contributed by atoms with Crippen LogP contribution in [0.25, 0.3) is 21.8 Å². The third-order valence-corrected chi connectivity index (χ3v) is 5.25. The molecule has 1 N–H and O–H groups in total. The molecule has 3 aromatic heterocycles. The maximum Gasteiger partial charge on any atom is 0.316 e. The highest BCUT2D eigenvalue weighted by atomic mass is 32.1. The number of thiazole rings is 1. The van der Waals surface area contributed by atoms with Gasteiger partial charge >= 0.3 is 6.01 Å². The number of aryl methyl sites for hydroxylation is 1. The zero-order valence-electron chi connectivity index (χ0n) is 15.4. The van der Waals surface area contributed by atoms with Gasteiger partial charge in [-0.3, -0.25) is 0 Å². The number of halogens is 3. The van der Waals surface area contributed by atoms with Gasteiger partial charge in [0.25, 0.3) is 0 Å². The first-order valence-electron chi connectivity index (χ1n) is 8.64. The lowest BCUT2D eigenvalue weighted by atomic mass is 10.1. The molecule has 0 unspecified atom stereocenters. The van der Waals surface area contributed by atoms with Crippen LogP contribution in [-0.2, 0) is 6.61 Å². The molecule has 0 amide bonds. The summed E-state index contributed by atoms with van der Waals surface area (Å²) in [5.74, 6) is -5.67. The lowest BCUT2D eigenvalue weighted by molar-refractivity contribution is 0.280. The highest BCUT2D eigenvalue weighted by Crippen LogP contribution is 2.34. The molecular weight excluding hydrogens is 417 g/mol. The summed E-state index contributed by atoms with van der Waals surface area (Å²) in [6.45, 7) is 1.93. The van der Waals surface area contributed by atoms with Crippen molar-refractivity contribution in [2.75, 3.05) is 0 Å². The van der Waals surface area contributed by atoms with Crippen molar-refractivity contribution >= 4 is 11.3 Å². The van der Waals surface area contributed by atoms with E-state index < -0.39 is 28.8 Å². The Balaban J connectivity index is 1.64. The first-order chi connectivity index (χ1) is 14.4. The molecule has 0 fully saturated rings. The maximum atomic E-state index is 14.2. The molecule has 0 atom stereocenters. The topological polar surface area (TPSA) is 81.0 Å². The molecular formula is C20H13F3N4O2S. The Labute approximate surface area is 172 Å². The second-order valence-corrected chi connectivity index (χ2v) is 7.22. The minimum absolute atomic E-state index is 0.0195. The Morgan fingerprint density at radius 3 is 2.50 bits per heavy atom. The molecule has 0 radical (unpaired) electrons. The largest absolute Gasteiger partial charge is 0.503 e. The molecule has 0 aliphatic heterocycles. The Bertz CT molecular complexity index is 1220. The Hall–Kier alpha value is -3.53. The molecule has 4 rings (SSSR count). The monoisotopic (exact) mass is 430 g/mol. The molecule has 0 spiro atoms. The van der Waals surface area contributed by atoms with E-state index in [0.29, 0.717) is 27.3 Å². The summed E-state index contributed by atoms with van der Waals surface area (Å²) in [6, 6.07) is 7.29. The molecule has 0 saturated carbocycles. The van der Waals surface area contributed by atoms with Crippen LogP contribution in [0.3, 0.4) is 0 Å². The van der Waals surface area contributed by atoms with Gasteiger partial charge < -0.3 is 9.84 Å². The first-order valence-corrected chi connectivity index (χ1v) is 9.46. The summed E-state index contributed by atoms with van der Waals surface area (Å²) in [4.78, 5) is 17.4. The normalized spacial score (nSPS) is 10.9. The SMILES string of the molecule is Cc1nc(COc2ncccn2)sc1-c1cccc(-c2cc(F)c(O)c(F)c2F)n1. The number of benzene rings is 1. The van der Waals surface area contributed by atoms with Gasteiger partial charge in [-0.25, -0.2) is 28.7 Å². The van der Waals surface area contributed by atoms with Crippen LogP contribution in [0.4, 0.5) is 13.2 Å². The molecule has 10 heteroatoms. The zero-order valence-corrected chi connectivity index (χ0v) is 16.3. The highest BCUT2D eigenvalue weighted by Gasteiger charge is 2.21. The van der Waals surface area contributed by atoms with E-state index in [-0.39, 0.29) is 18.3 Å². The van der Waals surface area contributed by atoms with Crippen LogP contribution < -0.4 is 4.74 Å². The van der Waals surface area contributed by atoms with E-state index in [0.717, 1.165) is 0 Å². The Kier molecular flexibility index (Phi) is 5.32. The van der Waals surface area contributed by atoms with E-state index >= 15 is 0 Å². The molecule has 0 aliphatic rings. The van der Waals surface area contributed by atoms with Crippen molar-refractivity contribution in [2.24, 2.45) is 0 Å². The predicted molar refractivity (Wildman–Crippen MR) is 103 cm³/mol. The molecule has 1 aromatic carbocycles. The number of aromatic nitrogens is 4. The lowest BCUT2D eigenvalue weighted by Crippen LogP contribution is -1.98. The average molecular weight is 430 g/mol. The number of phenols is 1. The van der Waals surface area contributed by atoms with Gasteiger partial charge in [-0.05, 0) is 31.2 Å². The predicted octanol–water partition coefficient (Wildman–Crippen LogP) is 4.67. The molecule has 0 aliphatic carbocycles. The highest BCUT2D eigenvalue weighted by molar-refractivity contribution is 7.15. The van der Waals surface area contributed by atoms with Gasteiger partial charge in [0.2, 0.25) is 5.82 Å². The lowest BCUT2D eigenvalue weighted by Gasteiger charge is -2.07. The van der Waals surface area contributed by atoms with Gasteiger partial charge in [0.15, 0.2) is 17.4 Å². The fraction of sp³-hybridized carbons (Fsp3) is 0.100. The van der Waals surface area contributed by atoms with Crippen molar-refractivity contribution in [3.05, 3.63) is 70.9 Å². The molecule has 0 bridgehead atoms. The summed E-state index contributed by atoms with van der Waals surface area (Å²) >= 11 is 1.31. The molecule has 3 heterocycles. The number of hydrogen-bond acceptors (Lipinski definition) is 7. The van der Waals surface area contributed by atoms with Gasteiger partial charge in [0.05, 0.1) is 22.0 Å². The van der Waals surface area contributed by atoms with E-state index in [9.17, 15) is 18.3 Å². The van der Waals surface area contributed by atoms with Crippen molar-refractivity contribution in [3.8, 4) is 33.6 Å². The van der Waals surface area contributed by atoms with Crippen LogP contribution in [-0.4, -0.2) is 25.0 Å². The Morgan fingerprint density at radius 1 is 1.00 bits per heavy atom.